The summed E-state index contributed by atoms with van der Waals surface area (Å²) in [4.78, 5) is 41.7. The molecule has 0 saturated heterocycles. The predicted molar refractivity (Wildman–Crippen MR) is 187 cm³/mol. The third-order valence-corrected chi connectivity index (χ3v) is 9.09. The maximum Gasteiger partial charge on any atom is 0.338 e. The maximum absolute atomic E-state index is 13.5. The smallest absolute Gasteiger partial charge is 0.338 e. The number of anilines is 1. The summed E-state index contributed by atoms with van der Waals surface area (Å²) >= 11 is 9.45. The van der Waals surface area contributed by atoms with Gasteiger partial charge in [0, 0.05) is 32.2 Å². The van der Waals surface area contributed by atoms with Gasteiger partial charge in [-0.05, 0) is 115 Å². The molecule has 250 valence electrons. The van der Waals surface area contributed by atoms with E-state index in [2.05, 4.69) is 34.7 Å². The topological polar surface area (TPSA) is 139 Å². The first-order valence-corrected chi connectivity index (χ1v) is 16.5. The first-order valence-electron chi connectivity index (χ1n) is 15.4. The Labute approximate surface area is 288 Å². The van der Waals surface area contributed by atoms with Crippen LogP contribution < -0.4 is 16.2 Å². The Kier molecular flexibility index (Phi) is 12.4. The zero-order valence-corrected chi connectivity index (χ0v) is 29.3. The van der Waals surface area contributed by atoms with Gasteiger partial charge in [-0.2, -0.15) is 0 Å². The lowest BCUT2D eigenvalue weighted by molar-refractivity contribution is -0.143. The summed E-state index contributed by atoms with van der Waals surface area (Å²) in [5.41, 5.74) is 16.4. The summed E-state index contributed by atoms with van der Waals surface area (Å²) in [6.45, 7) is 8.30. The number of halogens is 2. The van der Waals surface area contributed by atoms with Crippen LogP contribution in [-0.4, -0.2) is 67.3 Å². The Morgan fingerprint density at radius 2 is 1.66 bits per heavy atom. The van der Waals surface area contributed by atoms with Crippen molar-refractivity contribution in [1.82, 2.24) is 9.47 Å². The molecule has 1 atom stereocenters. The van der Waals surface area contributed by atoms with Gasteiger partial charge in [0.05, 0.1) is 30.3 Å². The lowest BCUT2D eigenvalue weighted by atomic mass is 9.99. The SMILES string of the molecule is CCN(CC)CCC(N)c1cc(C(=O)OCCOC(=O)Cc2c(C)n(C(=O)c3ccc(Cl)cc3)c3ccc(OC)cc23)cc(Br)c1N. The minimum absolute atomic E-state index is 0.107. The van der Waals surface area contributed by atoms with Gasteiger partial charge < -0.3 is 30.6 Å². The molecule has 0 saturated carbocycles. The highest BCUT2D eigenvalue weighted by atomic mass is 79.9. The fourth-order valence-corrected chi connectivity index (χ4v) is 6.05. The number of benzene rings is 3. The third kappa shape index (κ3) is 8.53. The number of nitrogen functional groups attached to an aromatic ring is 1. The number of hydrogen-bond donors (Lipinski definition) is 2. The van der Waals surface area contributed by atoms with Gasteiger partial charge in [0.2, 0.25) is 0 Å². The molecule has 0 radical (unpaired) electrons. The third-order valence-electron chi connectivity index (χ3n) is 8.18. The number of aromatic nitrogens is 1. The first-order chi connectivity index (χ1) is 22.5. The molecular formula is C35H40BrClN4O6. The highest BCUT2D eigenvalue weighted by Crippen LogP contribution is 2.32. The van der Waals surface area contributed by atoms with Gasteiger partial charge in [-0.1, -0.05) is 25.4 Å². The van der Waals surface area contributed by atoms with E-state index in [-0.39, 0.29) is 37.1 Å². The van der Waals surface area contributed by atoms with Gasteiger partial charge in [-0.15, -0.1) is 0 Å². The summed E-state index contributed by atoms with van der Waals surface area (Å²) in [6, 6.07) is 14.8. The number of hydrogen-bond acceptors (Lipinski definition) is 9. The number of carbonyl (C=O) groups is 3. The van der Waals surface area contributed by atoms with E-state index >= 15 is 0 Å². The Morgan fingerprint density at radius 3 is 2.32 bits per heavy atom. The molecule has 47 heavy (non-hydrogen) atoms. The summed E-state index contributed by atoms with van der Waals surface area (Å²) in [5.74, 6) is -0.812. The highest BCUT2D eigenvalue weighted by Gasteiger charge is 2.23. The van der Waals surface area contributed by atoms with Crippen molar-refractivity contribution in [2.75, 3.05) is 45.7 Å². The Hall–Kier alpha value is -3.90. The van der Waals surface area contributed by atoms with Crippen LogP contribution in [0.2, 0.25) is 5.02 Å². The summed E-state index contributed by atoms with van der Waals surface area (Å²) in [5, 5.41) is 1.21. The molecule has 0 amide bonds. The Bertz CT molecular complexity index is 1750. The van der Waals surface area contributed by atoms with E-state index in [1.165, 1.54) is 0 Å². The molecule has 0 bridgehead atoms. The van der Waals surface area contributed by atoms with Crippen molar-refractivity contribution in [3.8, 4) is 5.75 Å². The van der Waals surface area contributed by atoms with Crippen LogP contribution >= 0.6 is 27.5 Å². The second-order valence-corrected chi connectivity index (χ2v) is 12.3. The number of nitrogens with zero attached hydrogens (tertiary/aromatic N) is 2. The molecule has 4 rings (SSSR count). The minimum atomic E-state index is -0.592. The number of methoxy groups -OCH3 is 1. The minimum Gasteiger partial charge on any atom is -0.497 e. The number of ether oxygens (including phenoxy) is 3. The molecule has 10 nitrogen and oxygen atoms in total. The van der Waals surface area contributed by atoms with Crippen LogP contribution in [0.15, 0.2) is 59.1 Å². The molecule has 0 aliphatic carbocycles. The van der Waals surface area contributed by atoms with Gasteiger partial charge >= 0.3 is 11.9 Å². The highest BCUT2D eigenvalue weighted by molar-refractivity contribution is 9.10. The van der Waals surface area contributed by atoms with Gasteiger partial charge in [0.15, 0.2) is 0 Å². The quantitative estimate of drug-likeness (QED) is 0.0868. The monoisotopic (exact) mass is 726 g/mol. The Morgan fingerprint density at radius 1 is 0.979 bits per heavy atom. The van der Waals surface area contributed by atoms with Crippen molar-refractivity contribution >= 4 is 62.0 Å². The number of rotatable bonds is 14. The van der Waals surface area contributed by atoms with Crippen LogP contribution in [0.5, 0.6) is 5.75 Å². The summed E-state index contributed by atoms with van der Waals surface area (Å²) < 4.78 is 18.4. The molecule has 1 aromatic heterocycles. The second kappa shape index (κ2) is 16.3. The normalized spacial score (nSPS) is 11.9. The lowest BCUT2D eigenvalue weighted by Gasteiger charge is -2.22. The van der Waals surface area contributed by atoms with Gasteiger partial charge in [-0.3, -0.25) is 14.2 Å². The molecule has 0 aliphatic rings. The molecule has 1 heterocycles. The summed E-state index contributed by atoms with van der Waals surface area (Å²) in [6.07, 6.45) is 0.566. The average Bonchev–Trinajstić information content (AvgIpc) is 3.33. The molecule has 1 unspecified atom stereocenters. The number of carbonyl (C=O) groups excluding carboxylic acids is 3. The van der Waals surface area contributed by atoms with E-state index in [1.807, 2.05) is 0 Å². The van der Waals surface area contributed by atoms with Crippen molar-refractivity contribution in [1.29, 1.82) is 0 Å². The predicted octanol–water partition coefficient (Wildman–Crippen LogP) is 6.32. The van der Waals surface area contributed by atoms with Crippen molar-refractivity contribution in [2.45, 2.75) is 39.7 Å². The molecule has 12 heteroatoms. The van der Waals surface area contributed by atoms with E-state index < -0.39 is 11.9 Å². The molecular weight excluding hydrogens is 688 g/mol. The Balaban J connectivity index is 1.41. The second-order valence-electron chi connectivity index (χ2n) is 11.0. The van der Waals surface area contributed by atoms with E-state index in [0.717, 1.165) is 19.6 Å². The van der Waals surface area contributed by atoms with E-state index in [9.17, 15) is 14.4 Å². The molecule has 4 N–H and O–H groups in total. The van der Waals surface area contributed by atoms with Crippen molar-refractivity contribution in [3.05, 3.63) is 92.0 Å². The van der Waals surface area contributed by atoms with Crippen LogP contribution in [0.25, 0.3) is 10.9 Å². The number of fused-ring (bicyclic) bond motifs is 1. The lowest BCUT2D eigenvalue weighted by Crippen LogP contribution is -2.27. The van der Waals surface area contributed by atoms with E-state index in [0.29, 0.717) is 60.6 Å². The van der Waals surface area contributed by atoms with Crippen molar-refractivity contribution < 1.29 is 28.6 Å². The number of esters is 2. The van der Waals surface area contributed by atoms with Crippen LogP contribution in [-0.2, 0) is 20.7 Å². The summed E-state index contributed by atoms with van der Waals surface area (Å²) in [7, 11) is 1.55. The van der Waals surface area contributed by atoms with Crippen LogP contribution in [0, 0.1) is 6.92 Å². The molecule has 0 aliphatic heterocycles. The molecule has 0 fully saturated rings. The first kappa shape index (κ1) is 35.9. The van der Waals surface area contributed by atoms with Gasteiger partial charge in [0.25, 0.3) is 5.91 Å². The van der Waals surface area contributed by atoms with Crippen molar-refractivity contribution in [2.24, 2.45) is 5.73 Å². The largest absolute Gasteiger partial charge is 0.497 e. The van der Waals surface area contributed by atoms with E-state index in [4.69, 9.17) is 37.3 Å². The number of nitrogens with two attached hydrogens (primary N) is 2. The zero-order chi connectivity index (χ0) is 34.2. The average molecular weight is 728 g/mol. The van der Waals surface area contributed by atoms with E-state index in [1.54, 1.807) is 73.2 Å². The fourth-order valence-electron chi connectivity index (χ4n) is 5.45. The van der Waals surface area contributed by atoms with Gasteiger partial charge in [0.1, 0.15) is 19.0 Å². The maximum atomic E-state index is 13.5. The van der Waals surface area contributed by atoms with Crippen LogP contribution in [0.1, 0.15) is 63.8 Å². The zero-order valence-electron chi connectivity index (χ0n) is 27.0. The van der Waals surface area contributed by atoms with Gasteiger partial charge in [-0.25, -0.2) is 4.79 Å². The molecule has 0 spiro atoms. The molecule has 4 aromatic rings. The molecule has 3 aromatic carbocycles. The van der Waals surface area contributed by atoms with Crippen molar-refractivity contribution in [3.63, 3.8) is 0 Å². The fraction of sp³-hybridized carbons (Fsp3) is 0.343. The van der Waals surface area contributed by atoms with Crippen LogP contribution in [0.3, 0.4) is 0 Å². The van der Waals surface area contributed by atoms with Crippen LogP contribution in [0.4, 0.5) is 5.69 Å². The standard InChI is InChI=1S/C35H40BrClN4O6/c1-5-40(6-2)14-13-30(38)28-17-23(18-29(36)33(28)39)35(44)47-16-15-46-32(42)20-26-21(3)41(31-12-11-25(45-4)19-27(26)31)34(43)22-7-9-24(37)10-8-22/h7-12,17-19,30H,5-6,13-16,20,38-39H2,1-4H3.